The number of allylic oxidation sites excluding steroid dienone is 2. The van der Waals surface area contributed by atoms with Gasteiger partial charge in [-0.2, -0.15) is 0 Å². The number of carboxylic acid groups (broad SMARTS) is 1. The molecule has 1 aromatic heterocycles. The Morgan fingerprint density at radius 1 is 1.27 bits per heavy atom. The average Bonchev–Trinajstić information content (AvgIpc) is 2.92. The van der Waals surface area contributed by atoms with Crippen molar-refractivity contribution in [3.63, 3.8) is 0 Å². The highest BCUT2D eigenvalue weighted by molar-refractivity contribution is 8.01. The Balaban J connectivity index is 2.15. The predicted molar refractivity (Wildman–Crippen MR) is 91.9 cm³/mol. The number of aromatic nitrogens is 1. The van der Waals surface area contributed by atoms with Crippen LogP contribution in [-0.2, 0) is 11.3 Å². The van der Waals surface area contributed by atoms with Crippen LogP contribution in [0, 0.1) is 0 Å². The first-order valence-electron chi connectivity index (χ1n) is 6.79. The molecule has 2 heterocycles. The first-order valence-corrected chi connectivity index (χ1v) is 7.63. The van der Waals surface area contributed by atoms with Crippen LogP contribution >= 0.6 is 11.9 Å². The summed E-state index contributed by atoms with van der Waals surface area (Å²) in [7, 11) is 0. The van der Waals surface area contributed by atoms with E-state index in [1.165, 1.54) is 24.2 Å². The molecule has 1 N–H and O–H groups in total. The molecule has 0 amide bonds. The lowest BCUT2D eigenvalue weighted by atomic mass is 10.1. The molecule has 0 unspecified atom stereocenters. The van der Waals surface area contributed by atoms with Crippen LogP contribution in [0.25, 0.3) is 17.0 Å². The predicted octanol–water partition coefficient (Wildman–Crippen LogP) is 3.91. The molecule has 1 aliphatic heterocycles. The Bertz CT molecular complexity index is 828. The Kier molecular flexibility index (Phi) is 4.25. The van der Waals surface area contributed by atoms with Crippen molar-refractivity contribution in [2.75, 3.05) is 0 Å². The van der Waals surface area contributed by atoms with Gasteiger partial charge < -0.3 is 9.67 Å². The van der Waals surface area contributed by atoms with Crippen LogP contribution in [0.4, 0.5) is 0 Å². The molecule has 2 aromatic rings. The summed E-state index contributed by atoms with van der Waals surface area (Å²) in [6.07, 6.45) is 10.5. The van der Waals surface area contributed by atoms with Gasteiger partial charge in [-0.15, -0.1) is 0 Å². The third-order valence-corrected chi connectivity index (χ3v) is 3.90. The van der Waals surface area contributed by atoms with Gasteiger partial charge in [-0.25, -0.2) is 9.19 Å². The number of hydrogen-bond acceptors (Lipinski definition) is 3. The maximum absolute atomic E-state index is 11.3. The van der Waals surface area contributed by atoms with Gasteiger partial charge in [0.05, 0.1) is 11.1 Å². The lowest BCUT2D eigenvalue weighted by Gasteiger charge is -2.05. The van der Waals surface area contributed by atoms with Gasteiger partial charge in [-0.05, 0) is 29.2 Å². The van der Waals surface area contributed by atoms with E-state index in [1.807, 2.05) is 35.9 Å². The summed E-state index contributed by atoms with van der Waals surface area (Å²) in [6, 6.07) is 8.07. The van der Waals surface area contributed by atoms with E-state index < -0.39 is 5.97 Å². The molecule has 0 atom stereocenters. The quantitative estimate of drug-likeness (QED) is 0.812. The molecule has 22 heavy (non-hydrogen) atoms. The van der Waals surface area contributed by atoms with E-state index >= 15 is 0 Å². The second-order valence-electron chi connectivity index (χ2n) is 4.75. The maximum Gasteiger partial charge on any atom is 0.335 e. The number of rotatable bonds is 1. The zero-order valence-corrected chi connectivity index (χ0v) is 12.5. The highest BCUT2D eigenvalue weighted by atomic mass is 32.2. The topological polar surface area (TPSA) is 54.6 Å². The van der Waals surface area contributed by atoms with Gasteiger partial charge in [-0.3, -0.25) is 0 Å². The van der Waals surface area contributed by atoms with Crippen LogP contribution in [-0.4, -0.2) is 21.9 Å². The fourth-order valence-corrected chi connectivity index (χ4v) is 2.71. The van der Waals surface area contributed by atoms with Crippen molar-refractivity contribution in [3.05, 3.63) is 65.2 Å². The fourth-order valence-electron chi connectivity index (χ4n) is 2.34. The minimum absolute atomic E-state index is 0.197. The summed E-state index contributed by atoms with van der Waals surface area (Å²) in [5.41, 5.74) is 2.29. The van der Waals surface area contributed by atoms with Crippen molar-refractivity contribution >= 4 is 41.1 Å². The summed E-state index contributed by atoms with van der Waals surface area (Å²) >= 11 is 1.28. The number of hydrogen-bond donors (Lipinski definition) is 1. The van der Waals surface area contributed by atoms with E-state index in [1.54, 1.807) is 6.08 Å². The first kappa shape index (κ1) is 14.4. The molecular formula is C17H14N2O2S. The summed E-state index contributed by atoms with van der Waals surface area (Å²) in [5, 5.41) is 12.3. The second-order valence-corrected chi connectivity index (χ2v) is 5.44. The maximum atomic E-state index is 11.3. The van der Waals surface area contributed by atoms with Crippen LogP contribution in [0.3, 0.4) is 0 Å². The molecule has 4 nitrogen and oxygen atoms in total. The van der Waals surface area contributed by atoms with Crippen molar-refractivity contribution in [2.45, 2.75) is 6.54 Å². The average molecular weight is 310 g/mol. The van der Waals surface area contributed by atoms with Gasteiger partial charge in [0.25, 0.3) is 0 Å². The lowest BCUT2D eigenvalue weighted by Crippen LogP contribution is -1.98. The Morgan fingerprint density at radius 2 is 2.18 bits per heavy atom. The van der Waals surface area contributed by atoms with Crippen molar-refractivity contribution < 1.29 is 9.90 Å². The smallest absolute Gasteiger partial charge is 0.335 e. The molecule has 0 radical (unpaired) electrons. The molecule has 0 saturated heterocycles. The molecule has 3 rings (SSSR count). The normalized spacial score (nSPS) is 15.0. The highest BCUT2D eigenvalue weighted by Crippen LogP contribution is 2.22. The second kappa shape index (κ2) is 6.49. The van der Waals surface area contributed by atoms with Gasteiger partial charge in [0.2, 0.25) is 0 Å². The van der Waals surface area contributed by atoms with E-state index in [0.717, 1.165) is 23.0 Å². The SMILES string of the molecule is O=C(O)C1=CC=NSC=CCn2ccc3cccc(c32)C=C1. The van der Waals surface area contributed by atoms with Gasteiger partial charge in [0, 0.05) is 36.3 Å². The van der Waals surface area contributed by atoms with Crippen LogP contribution in [0.15, 0.2) is 64.1 Å². The Hall–Kier alpha value is -2.53. The zero-order chi connectivity index (χ0) is 15.4. The van der Waals surface area contributed by atoms with E-state index in [-0.39, 0.29) is 5.57 Å². The third-order valence-electron chi connectivity index (χ3n) is 3.34. The van der Waals surface area contributed by atoms with Crippen LogP contribution in [0.2, 0.25) is 0 Å². The van der Waals surface area contributed by atoms with Crippen LogP contribution < -0.4 is 0 Å². The summed E-state index contributed by atoms with van der Waals surface area (Å²) in [6.45, 7) is 0.746. The molecular weight excluding hydrogens is 296 g/mol. The first-order chi connectivity index (χ1) is 10.8. The van der Waals surface area contributed by atoms with E-state index in [9.17, 15) is 9.90 Å². The van der Waals surface area contributed by atoms with E-state index in [2.05, 4.69) is 21.1 Å². The van der Waals surface area contributed by atoms with Crippen molar-refractivity contribution in [1.29, 1.82) is 0 Å². The van der Waals surface area contributed by atoms with Crippen molar-refractivity contribution in [2.24, 2.45) is 4.40 Å². The van der Waals surface area contributed by atoms with Gasteiger partial charge >= 0.3 is 5.97 Å². The largest absolute Gasteiger partial charge is 0.478 e. The summed E-state index contributed by atoms with van der Waals surface area (Å²) < 4.78 is 6.21. The van der Waals surface area contributed by atoms with Crippen LogP contribution in [0.5, 0.6) is 0 Å². The van der Waals surface area contributed by atoms with Crippen LogP contribution in [0.1, 0.15) is 5.56 Å². The van der Waals surface area contributed by atoms with Crippen molar-refractivity contribution in [1.82, 2.24) is 4.57 Å². The summed E-state index contributed by atoms with van der Waals surface area (Å²) in [4.78, 5) is 11.3. The molecule has 0 saturated carbocycles. The number of carboxylic acids is 1. The van der Waals surface area contributed by atoms with Gasteiger partial charge in [0.1, 0.15) is 0 Å². The number of carbonyl (C=O) groups is 1. The van der Waals surface area contributed by atoms with Gasteiger partial charge in [0.15, 0.2) is 0 Å². The van der Waals surface area contributed by atoms with E-state index in [4.69, 9.17) is 0 Å². The fraction of sp³-hybridized carbons (Fsp3) is 0.0588. The molecule has 0 fully saturated rings. The Morgan fingerprint density at radius 3 is 3.05 bits per heavy atom. The molecule has 0 aliphatic carbocycles. The number of para-hydroxylation sites is 1. The molecule has 0 spiro atoms. The summed E-state index contributed by atoms with van der Waals surface area (Å²) in [5.74, 6) is -0.972. The number of aliphatic carboxylic acids is 1. The van der Waals surface area contributed by atoms with Gasteiger partial charge in [-0.1, -0.05) is 30.4 Å². The minimum Gasteiger partial charge on any atom is -0.478 e. The monoisotopic (exact) mass is 310 g/mol. The molecule has 1 aromatic carbocycles. The molecule has 110 valence electrons. The lowest BCUT2D eigenvalue weighted by molar-refractivity contribution is -0.132. The highest BCUT2D eigenvalue weighted by Gasteiger charge is 2.06. The van der Waals surface area contributed by atoms with E-state index in [0.29, 0.717) is 0 Å². The zero-order valence-electron chi connectivity index (χ0n) is 11.7. The standard InChI is InChI=1S/C17H14N2O2S/c20-17(21)15-6-5-13-3-1-4-14-8-11-19(16(13)14)10-2-12-22-18-9-7-15/h1-9,11-12H,10H2,(H,20,21). The van der Waals surface area contributed by atoms with Crippen molar-refractivity contribution in [3.8, 4) is 0 Å². The third kappa shape index (κ3) is 3.04. The molecule has 0 bridgehead atoms. The number of nitrogens with zero attached hydrogens (tertiary/aromatic N) is 2. The number of benzene rings is 1. The minimum atomic E-state index is -0.972. The molecule has 5 heteroatoms. The Labute approximate surface area is 132 Å². The molecule has 1 aliphatic rings.